The molecule has 1 rings (SSSR count). The van der Waals surface area contributed by atoms with Gasteiger partial charge >= 0.3 is 0 Å². The Balaban J connectivity index is 2.08. The summed E-state index contributed by atoms with van der Waals surface area (Å²) in [4.78, 5) is 13.2. The van der Waals surface area contributed by atoms with Gasteiger partial charge in [0.05, 0.1) is 25.4 Å². The Kier molecular flexibility index (Phi) is 59.9. The van der Waals surface area contributed by atoms with Gasteiger partial charge in [0.25, 0.3) is 0 Å². The largest absolute Gasteiger partial charge is 0.394 e. The summed E-state index contributed by atoms with van der Waals surface area (Å²) in [5.41, 5.74) is 0. The highest BCUT2D eigenvalue weighted by Gasteiger charge is 2.44. The lowest BCUT2D eigenvalue weighted by Crippen LogP contribution is -2.60. The van der Waals surface area contributed by atoms with E-state index in [0.717, 1.165) is 83.5 Å². The number of nitrogens with one attached hydrogen (secondary N) is 1. The Bertz CT molecular complexity index is 1600. The fraction of sp³-hybridized carbons (Fsp3) is 0.800. The van der Waals surface area contributed by atoms with Crippen molar-refractivity contribution in [1.29, 1.82) is 0 Å². The second-order valence-electron chi connectivity index (χ2n) is 24.7. The number of ether oxygens (including phenoxy) is 2. The van der Waals surface area contributed by atoms with Gasteiger partial charge in [0.15, 0.2) is 6.29 Å². The zero-order valence-corrected chi connectivity index (χ0v) is 54.6. The number of aliphatic hydroxyl groups excluding tert-OH is 5. The molecule has 7 atom stereocenters. The molecule has 488 valence electrons. The van der Waals surface area contributed by atoms with Crippen LogP contribution >= 0.6 is 0 Å². The zero-order chi connectivity index (χ0) is 60.7. The molecule has 0 aromatic heterocycles. The molecule has 84 heavy (non-hydrogen) atoms. The molecule has 7 unspecified atom stereocenters. The van der Waals surface area contributed by atoms with Crippen LogP contribution in [-0.2, 0) is 14.3 Å². The standard InChI is InChI=1S/C75H135NO8/c1-3-5-7-9-11-13-15-17-19-21-23-25-27-28-29-30-31-32-33-34-35-36-37-38-39-40-41-42-43-45-47-49-51-53-55-57-59-61-63-65-71(79)76-68(67-83-75-74(82)73(81)72(80)70(66-77)84-75)69(78)64-62-60-58-56-54-52-50-48-46-44-26-24-22-20-18-16-14-12-10-8-6-4-2/h5,7,11,13,17,19,23,25,28-29,31-32,34-35,68-70,72-75,77-78,80-82H,3-4,6,8-10,12,14-16,18,20-22,24,26-27,30,33,36-67H2,1-2H3,(H,76,79)/b7-5-,13-11-,19-17-,25-23-,29-28-,32-31-,35-34-. The van der Waals surface area contributed by atoms with E-state index in [9.17, 15) is 30.3 Å². The van der Waals surface area contributed by atoms with Gasteiger partial charge in [-0.2, -0.15) is 0 Å². The molecule has 0 saturated carbocycles. The highest BCUT2D eigenvalue weighted by Crippen LogP contribution is 2.24. The Morgan fingerprint density at radius 1 is 0.417 bits per heavy atom. The third-order valence-electron chi connectivity index (χ3n) is 16.8. The van der Waals surface area contributed by atoms with Crippen LogP contribution in [0.5, 0.6) is 0 Å². The molecule has 0 aromatic carbocycles. The van der Waals surface area contributed by atoms with Gasteiger partial charge in [-0.25, -0.2) is 0 Å². The number of hydrogen-bond acceptors (Lipinski definition) is 8. The van der Waals surface area contributed by atoms with Crippen LogP contribution in [0.15, 0.2) is 85.1 Å². The Morgan fingerprint density at radius 3 is 1.10 bits per heavy atom. The first-order valence-corrected chi connectivity index (χ1v) is 35.8. The van der Waals surface area contributed by atoms with Crippen LogP contribution in [0.4, 0.5) is 0 Å². The number of carbonyl (C=O) groups excluding carboxylic acids is 1. The van der Waals surface area contributed by atoms with Gasteiger partial charge in [0.2, 0.25) is 5.91 Å². The monoisotopic (exact) mass is 1180 g/mol. The van der Waals surface area contributed by atoms with Crippen LogP contribution in [0.3, 0.4) is 0 Å². The zero-order valence-electron chi connectivity index (χ0n) is 54.6. The summed E-state index contributed by atoms with van der Waals surface area (Å²) in [7, 11) is 0. The van der Waals surface area contributed by atoms with E-state index in [1.54, 1.807) is 0 Å². The second kappa shape index (κ2) is 63.4. The van der Waals surface area contributed by atoms with Crippen LogP contribution in [0.1, 0.15) is 328 Å². The molecule has 1 heterocycles. The fourth-order valence-electron chi connectivity index (χ4n) is 11.2. The van der Waals surface area contributed by atoms with Gasteiger partial charge in [0.1, 0.15) is 24.4 Å². The molecule has 6 N–H and O–H groups in total. The van der Waals surface area contributed by atoms with Gasteiger partial charge in [0, 0.05) is 6.42 Å². The summed E-state index contributed by atoms with van der Waals surface area (Å²) in [5.74, 6) is -0.141. The summed E-state index contributed by atoms with van der Waals surface area (Å²) in [6.07, 6.45) is 83.6. The molecule has 1 aliphatic heterocycles. The normalized spacial score (nSPS) is 18.7. The minimum atomic E-state index is -1.56. The Labute approximate surface area is 518 Å². The van der Waals surface area contributed by atoms with Crippen LogP contribution in [0.2, 0.25) is 0 Å². The molecule has 1 saturated heterocycles. The van der Waals surface area contributed by atoms with E-state index in [-0.39, 0.29) is 12.5 Å². The average Bonchev–Trinajstić information content (AvgIpc) is 3.70. The molecule has 0 aliphatic carbocycles. The van der Waals surface area contributed by atoms with E-state index in [2.05, 4.69) is 104 Å². The predicted molar refractivity (Wildman–Crippen MR) is 359 cm³/mol. The van der Waals surface area contributed by atoms with Crippen molar-refractivity contribution >= 4 is 5.91 Å². The lowest BCUT2D eigenvalue weighted by atomic mass is 9.99. The number of hydrogen-bond donors (Lipinski definition) is 6. The smallest absolute Gasteiger partial charge is 0.220 e. The first-order chi connectivity index (χ1) is 41.3. The number of aliphatic hydroxyl groups is 5. The first-order valence-electron chi connectivity index (χ1n) is 35.8. The number of carbonyl (C=O) groups is 1. The highest BCUT2D eigenvalue weighted by molar-refractivity contribution is 5.76. The van der Waals surface area contributed by atoms with E-state index < -0.39 is 49.5 Å². The van der Waals surface area contributed by atoms with E-state index in [0.29, 0.717) is 12.8 Å². The van der Waals surface area contributed by atoms with E-state index in [1.807, 2.05) is 0 Å². The van der Waals surface area contributed by atoms with Crippen molar-refractivity contribution in [3.05, 3.63) is 85.1 Å². The topological polar surface area (TPSA) is 149 Å². The van der Waals surface area contributed by atoms with Crippen molar-refractivity contribution in [3.63, 3.8) is 0 Å². The third kappa shape index (κ3) is 51.4. The highest BCUT2D eigenvalue weighted by atomic mass is 16.7. The van der Waals surface area contributed by atoms with Gasteiger partial charge in [-0.15, -0.1) is 0 Å². The molecular formula is C75H135NO8. The number of allylic oxidation sites excluding steroid dienone is 14. The molecule has 1 amide bonds. The minimum absolute atomic E-state index is 0.137. The van der Waals surface area contributed by atoms with Crippen molar-refractivity contribution < 1.29 is 39.8 Å². The summed E-state index contributed by atoms with van der Waals surface area (Å²) in [6, 6.07) is -0.723. The van der Waals surface area contributed by atoms with Crippen molar-refractivity contribution in [2.24, 2.45) is 0 Å². The maximum atomic E-state index is 13.2. The number of rotatable bonds is 62. The summed E-state index contributed by atoms with van der Waals surface area (Å²) < 4.78 is 11.4. The van der Waals surface area contributed by atoms with Gasteiger partial charge in [-0.1, -0.05) is 336 Å². The van der Waals surface area contributed by atoms with Crippen molar-refractivity contribution in [3.8, 4) is 0 Å². The third-order valence-corrected chi connectivity index (χ3v) is 16.8. The van der Waals surface area contributed by atoms with Crippen molar-refractivity contribution in [2.45, 2.75) is 371 Å². The summed E-state index contributed by atoms with van der Waals surface area (Å²) >= 11 is 0. The van der Waals surface area contributed by atoms with E-state index >= 15 is 0 Å². The van der Waals surface area contributed by atoms with E-state index in [1.165, 1.54) is 218 Å². The van der Waals surface area contributed by atoms with Crippen LogP contribution in [-0.4, -0.2) is 87.5 Å². The summed E-state index contributed by atoms with van der Waals surface area (Å²) in [5, 5.41) is 54.9. The molecule has 1 fully saturated rings. The lowest BCUT2D eigenvalue weighted by Gasteiger charge is -2.40. The molecule has 9 heteroatoms. The fourth-order valence-corrected chi connectivity index (χ4v) is 11.2. The molecule has 0 radical (unpaired) electrons. The van der Waals surface area contributed by atoms with E-state index in [4.69, 9.17) is 9.47 Å². The second-order valence-corrected chi connectivity index (χ2v) is 24.7. The predicted octanol–water partition coefficient (Wildman–Crippen LogP) is 19.7. The Hall–Kier alpha value is -2.63. The quantitative estimate of drug-likeness (QED) is 0.0261. The van der Waals surface area contributed by atoms with Crippen LogP contribution in [0.25, 0.3) is 0 Å². The lowest BCUT2D eigenvalue weighted by molar-refractivity contribution is -0.302. The van der Waals surface area contributed by atoms with Gasteiger partial charge in [-0.3, -0.25) is 4.79 Å². The molecule has 0 bridgehead atoms. The minimum Gasteiger partial charge on any atom is -0.394 e. The molecule has 0 spiro atoms. The van der Waals surface area contributed by atoms with Crippen molar-refractivity contribution in [2.75, 3.05) is 13.2 Å². The maximum absolute atomic E-state index is 13.2. The molecule has 9 nitrogen and oxygen atoms in total. The first kappa shape index (κ1) is 79.4. The number of unbranched alkanes of at least 4 members (excludes halogenated alkanes) is 38. The Morgan fingerprint density at radius 2 is 0.738 bits per heavy atom. The van der Waals surface area contributed by atoms with Crippen LogP contribution in [0, 0.1) is 0 Å². The summed E-state index contributed by atoms with van der Waals surface area (Å²) in [6.45, 7) is 3.76. The number of amides is 1. The van der Waals surface area contributed by atoms with Gasteiger partial charge in [-0.05, 0) is 70.6 Å². The van der Waals surface area contributed by atoms with Crippen LogP contribution < -0.4 is 5.32 Å². The van der Waals surface area contributed by atoms with Crippen molar-refractivity contribution in [1.82, 2.24) is 5.32 Å². The maximum Gasteiger partial charge on any atom is 0.220 e. The SMILES string of the molecule is CC/C=C\C/C=C\C/C=C\C/C=C\C/C=C\C/C=C\C/C=C\CCCCCCCCCCCCCCCCCCCC(=O)NC(COC1OC(CO)C(O)C(O)C1O)C(O)CCCCCCCCCCCCCCCCCCCCCCCC. The molecular weight excluding hydrogens is 1040 g/mol. The molecule has 0 aromatic rings. The van der Waals surface area contributed by atoms with Gasteiger partial charge < -0.3 is 40.3 Å². The average molecular weight is 1180 g/mol. The molecule has 1 aliphatic rings.